The van der Waals surface area contributed by atoms with E-state index in [4.69, 9.17) is 10.5 Å². The summed E-state index contributed by atoms with van der Waals surface area (Å²) in [5.41, 5.74) is 6.97. The van der Waals surface area contributed by atoms with Gasteiger partial charge in [0.1, 0.15) is 11.9 Å². The van der Waals surface area contributed by atoms with Crippen LogP contribution in [-0.4, -0.2) is 24.4 Å². The van der Waals surface area contributed by atoms with E-state index in [0.717, 1.165) is 44.9 Å². The number of fused-ring (bicyclic) bond motifs is 5. The van der Waals surface area contributed by atoms with E-state index in [0.29, 0.717) is 42.4 Å². The van der Waals surface area contributed by atoms with Crippen LogP contribution in [0.2, 0.25) is 0 Å². The van der Waals surface area contributed by atoms with E-state index in [2.05, 4.69) is 20.4 Å². The number of allylic oxidation sites excluding steroid dienone is 1. The molecule has 0 radical (unpaired) electrons. The van der Waals surface area contributed by atoms with Crippen molar-refractivity contribution in [3.05, 3.63) is 12.2 Å². The predicted octanol–water partition coefficient (Wildman–Crippen LogP) is 4.02. The lowest BCUT2D eigenvalue weighted by Gasteiger charge is -2.60. The molecule has 0 aromatic rings. The van der Waals surface area contributed by atoms with Crippen molar-refractivity contribution in [2.24, 2.45) is 40.2 Å². The van der Waals surface area contributed by atoms with Crippen molar-refractivity contribution in [1.29, 1.82) is 0 Å². The number of ether oxygens (including phenoxy) is 1. The number of Topliss-reactive ketones (excluding diaryl/α,β-unsaturated/α-hetero) is 1. The second-order valence-corrected chi connectivity index (χ2v) is 10.1. The summed E-state index contributed by atoms with van der Waals surface area (Å²) >= 11 is 0. The Morgan fingerprint density at radius 3 is 2.74 bits per heavy atom. The minimum Gasteiger partial charge on any atom is -0.462 e. The fraction of sp³-hybridized carbons (Fsp3) is 0.826. The van der Waals surface area contributed by atoms with E-state index in [1.807, 2.05) is 0 Å². The van der Waals surface area contributed by atoms with Crippen molar-refractivity contribution < 1.29 is 14.3 Å². The zero-order valence-corrected chi connectivity index (χ0v) is 17.0. The molecule has 150 valence electrons. The standard InChI is InChI=1S/C23H35NO3/c1-14-12-16-17-4-5-20(25)23(17,3)10-7-18(16)22(2)9-6-15(13-19(14)22)27-21(26)8-11-24/h15-19H,1,4-13,24H2,2-3H3/t15-,16-,17-,18-,19?,22+,23-/m0/s1. The Labute approximate surface area is 163 Å². The lowest BCUT2D eigenvalue weighted by atomic mass is 9.44. The van der Waals surface area contributed by atoms with Crippen LogP contribution in [0.25, 0.3) is 0 Å². The molecular formula is C23H35NO3. The molecule has 0 aromatic heterocycles. The average Bonchev–Trinajstić information content (AvgIpc) is 2.92. The van der Waals surface area contributed by atoms with E-state index >= 15 is 0 Å². The normalized spacial score (nSPS) is 46.4. The zero-order valence-electron chi connectivity index (χ0n) is 17.0. The van der Waals surface area contributed by atoms with Crippen LogP contribution in [0, 0.1) is 34.5 Å². The summed E-state index contributed by atoms with van der Waals surface area (Å²) in [7, 11) is 0. The first-order valence-corrected chi connectivity index (χ1v) is 10.9. The summed E-state index contributed by atoms with van der Waals surface area (Å²) in [6.45, 7) is 9.53. The van der Waals surface area contributed by atoms with E-state index < -0.39 is 0 Å². The van der Waals surface area contributed by atoms with Crippen molar-refractivity contribution in [2.75, 3.05) is 6.54 Å². The van der Waals surface area contributed by atoms with Gasteiger partial charge in [0.2, 0.25) is 0 Å². The number of hydrogen-bond donors (Lipinski definition) is 1. The van der Waals surface area contributed by atoms with Crippen LogP contribution in [0.4, 0.5) is 0 Å². The quantitative estimate of drug-likeness (QED) is 0.599. The number of ketones is 1. The largest absolute Gasteiger partial charge is 0.462 e. The minimum absolute atomic E-state index is 0.0114. The Balaban J connectivity index is 1.53. The molecule has 4 nitrogen and oxygen atoms in total. The first kappa shape index (κ1) is 19.2. The Kier molecular flexibility index (Phi) is 4.77. The van der Waals surface area contributed by atoms with Gasteiger partial charge in [-0.25, -0.2) is 0 Å². The summed E-state index contributed by atoms with van der Waals surface area (Å²) in [4.78, 5) is 24.5. The molecule has 0 amide bonds. The topological polar surface area (TPSA) is 69.4 Å². The van der Waals surface area contributed by atoms with Crippen molar-refractivity contribution in [1.82, 2.24) is 0 Å². The lowest BCUT2D eigenvalue weighted by Crippen LogP contribution is -2.54. The molecule has 0 heterocycles. The highest BCUT2D eigenvalue weighted by atomic mass is 16.5. The van der Waals surface area contributed by atoms with Crippen molar-refractivity contribution in [3.8, 4) is 0 Å². The molecule has 4 saturated carbocycles. The molecule has 4 aliphatic carbocycles. The maximum absolute atomic E-state index is 12.6. The molecule has 0 aromatic carbocycles. The third-order valence-corrected chi connectivity index (χ3v) is 8.93. The smallest absolute Gasteiger partial charge is 0.307 e. The van der Waals surface area contributed by atoms with E-state index in [1.54, 1.807) is 0 Å². The number of nitrogens with two attached hydrogens (primary N) is 1. The van der Waals surface area contributed by atoms with Crippen LogP contribution in [0.15, 0.2) is 12.2 Å². The minimum atomic E-state index is -0.164. The first-order valence-electron chi connectivity index (χ1n) is 10.9. The molecular weight excluding hydrogens is 338 g/mol. The summed E-state index contributed by atoms with van der Waals surface area (Å²) in [5.74, 6) is 2.60. The Bertz CT molecular complexity index is 658. The van der Waals surface area contributed by atoms with Gasteiger partial charge in [-0.2, -0.15) is 0 Å². The lowest BCUT2D eigenvalue weighted by molar-refractivity contribution is -0.157. The number of hydrogen-bond acceptors (Lipinski definition) is 4. The highest BCUT2D eigenvalue weighted by Crippen LogP contribution is 2.66. The average molecular weight is 374 g/mol. The number of carbonyl (C=O) groups excluding carboxylic acids is 2. The van der Waals surface area contributed by atoms with Gasteiger partial charge in [0.05, 0.1) is 6.42 Å². The Hall–Kier alpha value is -1.16. The van der Waals surface area contributed by atoms with Gasteiger partial charge in [-0.05, 0) is 74.0 Å². The van der Waals surface area contributed by atoms with E-state index in [9.17, 15) is 9.59 Å². The van der Waals surface area contributed by atoms with Crippen LogP contribution in [0.3, 0.4) is 0 Å². The van der Waals surface area contributed by atoms with Crippen molar-refractivity contribution >= 4 is 11.8 Å². The molecule has 7 atom stereocenters. The molecule has 1 unspecified atom stereocenters. The number of carbonyl (C=O) groups is 2. The van der Waals surface area contributed by atoms with Crippen molar-refractivity contribution in [3.63, 3.8) is 0 Å². The molecule has 0 saturated heterocycles. The monoisotopic (exact) mass is 373 g/mol. The predicted molar refractivity (Wildman–Crippen MR) is 105 cm³/mol. The molecule has 27 heavy (non-hydrogen) atoms. The summed E-state index contributed by atoms with van der Waals surface area (Å²) in [6, 6.07) is 0. The van der Waals surface area contributed by atoms with Crippen LogP contribution in [0.5, 0.6) is 0 Å². The summed E-state index contributed by atoms with van der Waals surface area (Å²) in [6.07, 6.45) is 8.40. The summed E-state index contributed by atoms with van der Waals surface area (Å²) in [5, 5.41) is 0. The Morgan fingerprint density at radius 1 is 1.22 bits per heavy atom. The highest BCUT2D eigenvalue weighted by Gasteiger charge is 2.61. The van der Waals surface area contributed by atoms with Gasteiger partial charge in [-0.3, -0.25) is 9.59 Å². The van der Waals surface area contributed by atoms with Gasteiger partial charge in [-0.15, -0.1) is 0 Å². The summed E-state index contributed by atoms with van der Waals surface area (Å²) < 4.78 is 5.70. The maximum Gasteiger partial charge on any atom is 0.307 e. The van der Waals surface area contributed by atoms with Crippen LogP contribution < -0.4 is 5.73 Å². The van der Waals surface area contributed by atoms with Gasteiger partial charge >= 0.3 is 5.97 Å². The number of esters is 1. The van der Waals surface area contributed by atoms with E-state index in [1.165, 1.54) is 12.0 Å². The van der Waals surface area contributed by atoms with Crippen LogP contribution in [-0.2, 0) is 14.3 Å². The van der Waals surface area contributed by atoms with Crippen LogP contribution in [0.1, 0.15) is 71.6 Å². The van der Waals surface area contributed by atoms with E-state index in [-0.39, 0.29) is 22.9 Å². The molecule has 0 bridgehead atoms. The zero-order chi connectivity index (χ0) is 19.4. The molecule has 4 fully saturated rings. The molecule has 0 spiro atoms. The molecule has 4 heteroatoms. The molecule has 0 aliphatic heterocycles. The molecule has 2 N–H and O–H groups in total. The fourth-order valence-electron chi connectivity index (χ4n) is 7.45. The molecule has 4 rings (SSSR count). The van der Waals surface area contributed by atoms with Gasteiger partial charge < -0.3 is 10.5 Å². The third-order valence-electron chi connectivity index (χ3n) is 8.93. The van der Waals surface area contributed by atoms with Crippen LogP contribution >= 0.6 is 0 Å². The third kappa shape index (κ3) is 2.90. The van der Waals surface area contributed by atoms with Gasteiger partial charge in [0.25, 0.3) is 0 Å². The number of rotatable bonds is 3. The van der Waals surface area contributed by atoms with Gasteiger partial charge in [0.15, 0.2) is 0 Å². The second kappa shape index (κ2) is 6.72. The highest BCUT2D eigenvalue weighted by molar-refractivity contribution is 5.87. The Morgan fingerprint density at radius 2 is 2.00 bits per heavy atom. The van der Waals surface area contributed by atoms with Gasteiger partial charge in [0, 0.05) is 18.4 Å². The fourth-order valence-corrected chi connectivity index (χ4v) is 7.45. The van der Waals surface area contributed by atoms with Crippen molar-refractivity contribution in [2.45, 2.75) is 77.7 Å². The van der Waals surface area contributed by atoms with Gasteiger partial charge in [-0.1, -0.05) is 26.0 Å². The second-order valence-electron chi connectivity index (χ2n) is 10.1. The first-order chi connectivity index (χ1) is 12.8. The SMILES string of the molecule is C=C1C[C@@H]2[C@H](CC[C@]3(C)C(=O)CC[C@@H]23)[C@@]2(C)CC[C@H](OC(=O)CCN)CC12. The maximum atomic E-state index is 12.6. The molecule has 4 aliphatic rings.